The van der Waals surface area contributed by atoms with Gasteiger partial charge in [0.25, 0.3) is 5.91 Å². The van der Waals surface area contributed by atoms with Crippen molar-refractivity contribution in [2.75, 3.05) is 11.9 Å². The number of hydrogen-bond donors (Lipinski definition) is 1. The maximum absolute atomic E-state index is 13.0. The topological polar surface area (TPSA) is 47.6 Å². The average Bonchev–Trinajstić information content (AvgIpc) is 2.71. The van der Waals surface area contributed by atoms with Crippen molar-refractivity contribution in [3.8, 4) is 22.6 Å². The smallest absolute Gasteiger partial charge is 0.267 e. The number of carbonyl (C=O) groups is 1. The van der Waals surface area contributed by atoms with Gasteiger partial charge >= 0.3 is 0 Å². The summed E-state index contributed by atoms with van der Waals surface area (Å²) in [6.07, 6.45) is 0. The van der Waals surface area contributed by atoms with Crippen LogP contribution < -0.4 is 14.8 Å². The van der Waals surface area contributed by atoms with E-state index in [1.165, 1.54) is 24.3 Å². The van der Waals surface area contributed by atoms with Crippen LogP contribution in [0.1, 0.15) is 20.8 Å². The molecule has 5 heteroatoms. The molecule has 0 aliphatic heterocycles. The number of anilines is 1. The number of rotatable bonds is 7. The molecule has 0 aliphatic rings. The van der Waals surface area contributed by atoms with Crippen LogP contribution in [0.5, 0.6) is 11.5 Å². The van der Waals surface area contributed by atoms with Crippen molar-refractivity contribution in [1.29, 1.82) is 0 Å². The van der Waals surface area contributed by atoms with Crippen molar-refractivity contribution in [2.45, 2.75) is 26.4 Å². The van der Waals surface area contributed by atoms with Gasteiger partial charge in [0.2, 0.25) is 0 Å². The average molecular weight is 393 g/mol. The van der Waals surface area contributed by atoms with Crippen LogP contribution in [0.15, 0.2) is 72.8 Å². The molecule has 4 nitrogen and oxygen atoms in total. The Balaban J connectivity index is 1.65. The van der Waals surface area contributed by atoms with E-state index >= 15 is 0 Å². The molecule has 3 aromatic carbocycles. The predicted molar refractivity (Wildman–Crippen MR) is 113 cm³/mol. The number of ether oxygens (including phenoxy) is 2. The Labute approximate surface area is 170 Å². The summed E-state index contributed by atoms with van der Waals surface area (Å²) in [6, 6.07) is 21.0. The molecule has 0 atom stereocenters. The van der Waals surface area contributed by atoms with Gasteiger partial charge in [0.15, 0.2) is 5.60 Å². The molecular formula is C24H24FNO3. The quantitative estimate of drug-likeness (QED) is 0.561. The summed E-state index contributed by atoms with van der Waals surface area (Å²) in [5.41, 5.74) is 1.64. The van der Waals surface area contributed by atoms with Crippen LogP contribution in [-0.4, -0.2) is 18.1 Å². The fourth-order valence-electron chi connectivity index (χ4n) is 2.78. The lowest BCUT2D eigenvalue weighted by atomic mass is 10.0. The molecule has 29 heavy (non-hydrogen) atoms. The molecule has 0 radical (unpaired) electrons. The number of benzene rings is 3. The highest BCUT2D eigenvalue weighted by molar-refractivity contribution is 5.97. The minimum absolute atomic E-state index is 0.296. The maximum Gasteiger partial charge on any atom is 0.267 e. The first-order valence-electron chi connectivity index (χ1n) is 9.47. The highest BCUT2D eigenvalue weighted by Gasteiger charge is 2.30. The van der Waals surface area contributed by atoms with Crippen LogP contribution in [-0.2, 0) is 4.79 Å². The zero-order valence-electron chi connectivity index (χ0n) is 16.7. The third kappa shape index (κ3) is 5.35. The van der Waals surface area contributed by atoms with Crippen LogP contribution in [0.4, 0.5) is 10.1 Å². The molecule has 3 aromatic rings. The Hall–Kier alpha value is -3.34. The molecular weight excluding hydrogens is 369 g/mol. The minimum atomic E-state index is -1.12. The predicted octanol–water partition coefficient (Wildman–Crippen LogP) is 5.69. The molecule has 0 bridgehead atoms. The number of halogens is 1. The minimum Gasteiger partial charge on any atom is -0.494 e. The fraction of sp³-hybridized carbons (Fsp3) is 0.208. The van der Waals surface area contributed by atoms with Crippen LogP contribution in [0, 0.1) is 5.82 Å². The summed E-state index contributed by atoms with van der Waals surface area (Å²) in [5, 5.41) is 2.86. The molecule has 0 saturated heterocycles. The number of hydrogen-bond acceptors (Lipinski definition) is 3. The molecule has 0 spiro atoms. The highest BCUT2D eigenvalue weighted by atomic mass is 19.1. The summed E-state index contributed by atoms with van der Waals surface area (Å²) < 4.78 is 24.2. The van der Waals surface area contributed by atoms with Gasteiger partial charge in [-0.2, -0.15) is 0 Å². The Morgan fingerprint density at radius 1 is 0.862 bits per heavy atom. The summed E-state index contributed by atoms with van der Waals surface area (Å²) >= 11 is 0. The summed E-state index contributed by atoms with van der Waals surface area (Å²) in [7, 11) is 0. The zero-order chi connectivity index (χ0) is 20.9. The monoisotopic (exact) mass is 393 g/mol. The van der Waals surface area contributed by atoms with Crippen molar-refractivity contribution in [3.05, 3.63) is 78.6 Å². The molecule has 3 rings (SSSR count). The van der Waals surface area contributed by atoms with E-state index < -0.39 is 5.60 Å². The van der Waals surface area contributed by atoms with Crippen molar-refractivity contribution < 1.29 is 18.7 Å². The first-order valence-corrected chi connectivity index (χ1v) is 9.47. The second-order valence-electron chi connectivity index (χ2n) is 7.06. The van der Waals surface area contributed by atoms with Gasteiger partial charge in [-0.25, -0.2) is 4.39 Å². The molecule has 150 valence electrons. The first kappa shape index (κ1) is 20.4. The van der Waals surface area contributed by atoms with E-state index in [1.54, 1.807) is 13.8 Å². The van der Waals surface area contributed by atoms with E-state index in [4.69, 9.17) is 9.47 Å². The summed E-state index contributed by atoms with van der Waals surface area (Å²) in [4.78, 5) is 12.6. The Kier molecular flexibility index (Phi) is 6.17. The molecule has 0 saturated carbocycles. The number of carbonyl (C=O) groups excluding carboxylic acids is 1. The number of amides is 1. The van der Waals surface area contributed by atoms with Crippen LogP contribution in [0.2, 0.25) is 0 Å². The van der Waals surface area contributed by atoms with Crippen LogP contribution >= 0.6 is 0 Å². The molecule has 0 heterocycles. The Morgan fingerprint density at radius 2 is 1.38 bits per heavy atom. The van der Waals surface area contributed by atoms with Gasteiger partial charge in [-0.3, -0.25) is 4.79 Å². The molecule has 0 aliphatic carbocycles. The second-order valence-corrected chi connectivity index (χ2v) is 7.06. The van der Waals surface area contributed by atoms with Gasteiger partial charge < -0.3 is 14.8 Å². The van der Waals surface area contributed by atoms with Crippen molar-refractivity contribution >= 4 is 11.6 Å². The van der Waals surface area contributed by atoms with Gasteiger partial charge in [-0.05, 0) is 80.4 Å². The second kappa shape index (κ2) is 8.78. The molecule has 1 N–H and O–H groups in total. The third-order valence-electron chi connectivity index (χ3n) is 4.37. The third-order valence-corrected chi connectivity index (χ3v) is 4.37. The lowest BCUT2D eigenvalue weighted by molar-refractivity contribution is -0.128. The van der Waals surface area contributed by atoms with Crippen molar-refractivity contribution in [3.63, 3.8) is 0 Å². The number of nitrogens with one attached hydrogen (secondary N) is 1. The first-order chi connectivity index (χ1) is 13.9. The molecule has 0 unspecified atom stereocenters. The normalized spacial score (nSPS) is 11.0. The van der Waals surface area contributed by atoms with Gasteiger partial charge in [0, 0.05) is 5.69 Å². The summed E-state index contributed by atoms with van der Waals surface area (Å²) in [6.45, 7) is 5.92. The van der Waals surface area contributed by atoms with Crippen LogP contribution in [0.3, 0.4) is 0 Å². The van der Waals surface area contributed by atoms with E-state index in [9.17, 15) is 9.18 Å². The fourth-order valence-corrected chi connectivity index (χ4v) is 2.78. The zero-order valence-corrected chi connectivity index (χ0v) is 16.7. The standard InChI is InChI=1S/C24H24FNO3/c1-4-28-21-13-7-18(8-14-21)17-5-11-20(12-6-17)26-23(27)24(2,3)29-22-15-9-19(25)10-16-22/h5-16H,4H2,1-3H3,(H,26,27). The lowest BCUT2D eigenvalue weighted by Gasteiger charge is -2.25. The maximum atomic E-state index is 13.0. The van der Waals surface area contributed by atoms with Gasteiger partial charge in [-0.15, -0.1) is 0 Å². The largest absolute Gasteiger partial charge is 0.494 e. The highest BCUT2D eigenvalue weighted by Crippen LogP contribution is 2.25. The van der Waals surface area contributed by atoms with Crippen LogP contribution in [0.25, 0.3) is 11.1 Å². The van der Waals surface area contributed by atoms with E-state index in [0.717, 1.165) is 16.9 Å². The Bertz CT molecular complexity index is 949. The van der Waals surface area contributed by atoms with Gasteiger partial charge in [-0.1, -0.05) is 24.3 Å². The van der Waals surface area contributed by atoms with Crippen molar-refractivity contribution in [1.82, 2.24) is 0 Å². The van der Waals surface area contributed by atoms with Gasteiger partial charge in [0.05, 0.1) is 6.61 Å². The molecule has 0 fully saturated rings. The Morgan fingerprint density at radius 3 is 1.93 bits per heavy atom. The van der Waals surface area contributed by atoms with E-state index in [2.05, 4.69) is 5.32 Å². The molecule has 1 amide bonds. The van der Waals surface area contributed by atoms with E-state index in [1.807, 2.05) is 55.5 Å². The van der Waals surface area contributed by atoms with Crippen molar-refractivity contribution in [2.24, 2.45) is 0 Å². The SMILES string of the molecule is CCOc1ccc(-c2ccc(NC(=O)C(C)(C)Oc3ccc(F)cc3)cc2)cc1. The van der Waals surface area contributed by atoms with Gasteiger partial charge in [0.1, 0.15) is 17.3 Å². The van der Waals surface area contributed by atoms with E-state index in [0.29, 0.717) is 18.0 Å². The lowest BCUT2D eigenvalue weighted by Crippen LogP contribution is -2.42. The van der Waals surface area contributed by atoms with E-state index in [-0.39, 0.29) is 11.7 Å². The molecule has 0 aromatic heterocycles. The summed E-state index contributed by atoms with van der Waals surface area (Å²) in [5.74, 6) is 0.615.